The van der Waals surface area contributed by atoms with Crippen molar-refractivity contribution in [3.05, 3.63) is 17.7 Å². The summed E-state index contributed by atoms with van der Waals surface area (Å²) in [4.78, 5) is 38.0. The molecule has 1 N–H and O–H groups in total. The van der Waals surface area contributed by atoms with Gasteiger partial charge in [-0.2, -0.15) is 0 Å². The van der Waals surface area contributed by atoms with E-state index in [1.54, 1.807) is 4.90 Å². The Balaban J connectivity index is 1.78. The number of hydrogen-bond acceptors (Lipinski definition) is 3. The second-order valence-electron chi connectivity index (χ2n) is 6.90. The zero-order valence-corrected chi connectivity index (χ0v) is 13.6. The Bertz CT molecular complexity index is 577. The summed E-state index contributed by atoms with van der Waals surface area (Å²) in [5.41, 5.74) is 0.627. The third-order valence-corrected chi connectivity index (χ3v) is 5.36. The normalized spacial score (nSPS) is 36.4. The van der Waals surface area contributed by atoms with Crippen LogP contribution in [0, 0.1) is 17.8 Å². The maximum Gasteiger partial charge on any atom is 0.226 e. The Morgan fingerprint density at radius 1 is 1.17 bits per heavy atom. The number of amides is 2. The van der Waals surface area contributed by atoms with Gasteiger partial charge in [0.05, 0.1) is 6.04 Å². The summed E-state index contributed by atoms with van der Waals surface area (Å²) >= 11 is 0. The Labute approximate surface area is 136 Å². The second-order valence-corrected chi connectivity index (χ2v) is 6.90. The van der Waals surface area contributed by atoms with Gasteiger partial charge in [-0.25, -0.2) is 4.79 Å². The lowest BCUT2D eigenvalue weighted by atomic mass is 9.93. The van der Waals surface area contributed by atoms with Crippen molar-refractivity contribution in [2.75, 3.05) is 13.6 Å². The van der Waals surface area contributed by atoms with Crippen LogP contribution in [0.25, 0.3) is 0 Å². The topological polar surface area (TPSA) is 66.5 Å². The highest BCUT2D eigenvalue weighted by Crippen LogP contribution is 2.39. The average molecular weight is 316 g/mol. The average Bonchev–Trinajstić information content (AvgIpc) is 2.97. The highest BCUT2D eigenvalue weighted by atomic mass is 16.2. The minimum absolute atomic E-state index is 0.00220. The van der Waals surface area contributed by atoms with Gasteiger partial charge in [-0.15, -0.1) is 0 Å². The molecule has 124 valence electrons. The van der Waals surface area contributed by atoms with Crippen molar-refractivity contribution < 1.29 is 14.4 Å². The smallest absolute Gasteiger partial charge is 0.226 e. The van der Waals surface area contributed by atoms with Gasteiger partial charge in [-0.3, -0.25) is 9.59 Å². The molecule has 4 atom stereocenters. The largest absolute Gasteiger partial charge is 0.348 e. The molecule has 1 aliphatic heterocycles. The fourth-order valence-electron chi connectivity index (χ4n) is 3.87. The predicted octanol–water partition coefficient (Wildman–Crippen LogP) is 1.47. The quantitative estimate of drug-likeness (QED) is 0.544. The van der Waals surface area contributed by atoms with Crippen LogP contribution in [0.2, 0.25) is 0 Å². The molecule has 0 spiro atoms. The number of carbonyl (C=O) groups is 2. The van der Waals surface area contributed by atoms with Gasteiger partial charge in [-0.05, 0) is 32.1 Å². The van der Waals surface area contributed by atoms with Gasteiger partial charge in [0.1, 0.15) is 5.94 Å². The number of fused-ring (bicyclic) bond motifs is 2. The minimum Gasteiger partial charge on any atom is -0.348 e. The molecule has 3 aliphatic rings. The third-order valence-electron chi connectivity index (χ3n) is 5.36. The van der Waals surface area contributed by atoms with Gasteiger partial charge in [0.25, 0.3) is 0 Å². The molecule has 2 fully saturated rings. The highest BCUT2D eigenvalue weighted by molar-refractivity contribution is 5.89. The SMILES string of the molecule is CN1CCCC/C=C\C2C(=C=O)C2NC(=O)C2CCCC2C1=O. The molecule has 5 heteroatoms. The lowest BCUT2D eigenvalue weighted by Gasteiger charge is -2.25. The van der Waals surface area contributed by atoms with Crippen molar-refractivity contribution in [3.63, 3.8) is 0 Å². The van der Waals surface area contributed by atoms with E-state index in [2.05, 4.69) is 11.4 Å². The zero-order chi connectivity index (χ0) is 16.4. The van der Waals surface area contributed by atoms with Crippen LogP contribution in [0.5, 0.6) is 0 Å². The van der Waals surface area contributed by atoms with E-state index < -0.39 is 0 Å². The Kier molecular flexibility index (Phi) is 4.67. The molecular weight excluding hydrogens is 292 g/mol. The van der Waals surface area contributed by atoms with E-state index in [-0.39, 0.29) is 35.6 Å². The molecule has 1 heterocycles. The minimum atomic E-state index is -0.258. The lowest BCUT2D eigenvalue weighted by Crippen LogP contribution is -2.41. The monoisotopic (exact) mass is 316 g/mol. The molecular formula is C18H24N2O3. The molecule has 5 nitrogen and oxygen atoms in total. The highest BCUT2D eigenvalue weighted by Gasteiger charge is 2.47. The molecule has 23 heavy (non-hydrogen) atoms. The van der Waals surface area contributed by atoms with Crippen molar-refractivity contribution in [2.24, 2.45) is 17.8 Å². The van der Waals surface area contributed by atoms with Crippen LogP contribution in [-0.4, -0.2) is 42.3 Å². The van der Waals surface area contributed by atoms with Crippen molar-refractivity contribution in [2.45, 2.75) is 44.6 Å². The van der Waals surface area contributed by atoms with Crippen LogP contribution in [0.15, 0.2) is 17.7 Å². The first-order chi connectivity index (χ1) is 11.1. The Hall–Kier alpha value is -1.87. The number of nitrogens with one attached hydrogen (secondary N) is 1. The summed E-state index contributed by atoms with van der Waals surface area (Å²) in [5.74, 6) is 1.49. The molecule has 3 rings (SSSR count). The van der Waals surface area contributed by atoms with Crippen molar-refractivity contribution in [1.29, 1.82) is 0 Å². The van der Waals surface area contributed by atoms with Crippen LogP contribution in [0.3, 0.4) is 0 Å². The lowest BCUT2D eigenvalue weighted by molar-refractivity contribution is -0.139. The molecule has 2 aliphatic carbocycles. The molecule has 4 unspecified atom stereocenters. The van der Waals surface area contributed by atoms with E-state index >= 15 is 0 Å². The third kappa shape index (κ3) is 3.25. The summed E-state index contributed by atoms with van der Waals surface area (Å²) in [6.45, 7) is 0.739. The number of nitrogens with zero attached hydrogens (tertiary/aromatic N) is 1. The van der Waals surface area contributed by atoms with Gasteiger partial charge >= 0.3 is 0 Å². The van der Waals surface area contributed by atoms with Gasteiger partial charge in [-0.1, -0.05) is 18.6 Å². The van der Waals surface area contributed by atoms with Crippen LogP contribution in [-0.2, 0) is 14.4 Å². The predicted molar refractivity (Wildman–Crippen MR) is 86.1 cm³/mol. The van der Waals surface area contributed by atoms with Crippen molar-refractivity contribution in [3.8, 4) is 0 Å². The molecule has 0 aromatic rings. The standard InChI is InChI=1S/C18H24N2O3/c1-20-10-5-3-2-4-7-12-15(11-21)16(12)19-17(22)13-8-6-9-14(13)18(20)23/h4,7,12-14,16H,2-3,5-6,8-10H2,1H3,(H,19,22)/b7-4-. The number of allylic oxidation sites excluding steroid dienone is 1. The van der Waals surface area contributed by atoms with E-state index in [9.17, 15) is 14.4 Å². The van der Waals surface area contributed by atoms with Crippen molar-refractivity contribution in [1.82, 2.24) is 10.2 Å². The first-order valence-corrected chi connectivity index (χ1v) is 8.60. The molecule has 0 aromatic heterocycles. The second kappa shape index (κ2) is 6.71. The first kappa shape index (κ1) is 16.0. The zero-order valence-electron chi connectivity index (χ0n) is 13.6. The maximum atomic E-state index is 12.6. The first-order valence-electron chi connectivity index (χ1n) is 8.60. The Morgan fingerprint density at radius 3 is 2.74 bits per heavy atom. The molecule has 2 saturated carbocycles. The van der Waals surface area contributed by atoms with Crippen LogP contribution >= 0.6 is 0 Å². The molecule has 2 amide bonds. The molecule has 0 bridgehead atoms. The fraction of sp³-hybridized carbons (Fsp3) is 0.667. The molecule has 0 aromatic carbocycles. The Morgan fingerprint density at radius 2 is 1.96 bits per heavy atom. The summed E-state index contributed by atoms with van der Waals surface area (Å²) < 4.78 is 0. The number of rotatable bonds is 0. The summed E-state index contributed by atoms with van der Waals surface area (Å²) in [6, 6.07) is -0.215. The van der Waals surface area contributed by atoms with Gasteiger partial charge < -0.3 is 10.2 Å². The van der Waals surface area contributed by atoms with E-state index in [4.69, 9.17) is 0 Å². The van der Waals surface area contributed by atoms with Gasteiger partial charge in [0.2, 0.25) is 11.8 Å². The van der Waals surface area contributed by atoms with Crippen LogP contribution in [0.4, 0.5) is 0 Å². The fourth-order valence-corrected chi connectivity index (χ4v) is 3.87. The summed E-state index contributed by atoms with van der Waals surface area (Å²) in [6.07, 6.45) is 9.43. The van der Waals surface area contributed by atoms with Gasteiger partial charge in [0, 0.05) is 36.9 Å². The summed E-state index contributed by atoms with van der Waals surface area (Å²) in [7, 11) is 1.83. The van der Waals surface area contributed by atoms with Crippen LogP contribution < -0.4 is 5.32 Å². The molecule has 0 radical (unpaired) electrons. The van der Waals surface area contributed by atoms with Crippen LogP contribution in [0.1, 0.15) is 38.5 Å². The summed E-state index contributed by atoms with van der Waals surface area (Å²) in [5, 5.41) is 2.96. The number of hydrogen-bond donors (Lipinski definition) is 1. The van der Waals surface area contributed by atoms with E-state index in [1.807, 2.05) is 19.1 Å². The van der Waals surface area contributed by atoms with E-state index in [0.29, 0.717) is 5.57 Å². The van der Waals surface area contributed by atoms with Crippen molar-refractivity contribution >= 4 is 17.8 Å². The van der Waals surface area contributed by atoms with Gasteiger partial charge in [0.15, 0.2) is 0 Å². The van der Waals surface area contributed by atoms with E-state index in [0.717, 1.165) is 45.1 Å². The maximum absolute atomic E-state index is 12.6. The van der Waals surface area contributed by atoms with E-state index in [1.165, 1.54) is 0 Å². The molecule has 0 saturated heterocycles. The number of carbonyl (C=O) groups excluding carboxylic acids is 3.